The maximum atomic E-state index is 12.6. The Labute approximate surface area is 161 Å². The highest BCUT2D eigenvalue weighted by Gasteiger charge is 2.33. The molecule has 0 atom stereocenters. The Morgan fingerprint density at radius 1 is 1.29 bits per heavy atom. The maximum absolute atomic E-state index is 12.6. The first kappa shape index (κ1) is 18.0. The Bertz CT molecular complexity index is 931. The van der Waals surface area contributed by atoms with Gasteiger partial charge in [-0.3, -0.25) is 14.5 Å². The smallest absolute Gasteiger partial charge is 0.325 e. The van der Waals surface area contributed by atoms with Crippen LogP contribution in [0.1, 0.15) is 22.5 Å². The maximum Gasteiger partial charge on any atom is 0.325 e. The van der Waals surface area contributed by atoms with Crippen molar-refractivity contribution in [3.63, 3.8) is 0 Å². The van der Waals surface area contributed by atoms with Crippen LogP contribution in [0.25, 0.3) is 0 Å². The largest absolute Gasteiger partial charge is 0.359 e. The predicted octanol–water partition coefficient (Wildman–Crippen LogP) is 1.47. The molecule has 3 heterocycles. The zero-order valence-corrected chi connectivity index (χ0v) is 15.7. The van der Waals surface area contributed by atoms with Crippen LogP contribution >= 0.6 is 0 Å². The van der Waals surface area contributed by atoms with Gasteiger partial charge in [0, 0.05) is 18.7 Å². The number of benzene rings is 1. The second-order valence-electron chi connectivity index (χ2n) is 7.03. The van der Waals surface area contributed by atoms with Gasteiger partial charge in [-0.1, -0.05) is 23.4 Å². The van der Waals surface area contributed by atoms with E-state index in [1.165, 1.54) is 0 Å². The minimum absolute atomic E-state index is 0.0637. The van der Waals surface area contributed by atoms with Crippen molar-refractivity contribution in [3.05, 3.63) is 40.6 Å². The molecule has 0 saturated carbocycles. The summed E-state index contributed by atoms with van der Waals surface area (Å²) in [4.78, 5) is 38.6. The van der Waals surface area contributed by atoms with E-state index in [-0.39, 0.29) is 19.0 Å². The number of anilines is 2. The van der Waals surface area contributed by atoms with Gasteiger partial charge in [-0.05, 0) is 25.0 Å². The molecule has 9 heteroatoms. The minimum Gasteiger partial charge on any atom is -0.359 e. The van der Waals surface area contributed by atoms with Crippen molar-refractivity contribution in [2.24, 2.45) is 0 Å². The van der Waals surface area contributed by atoms with Gasteiger partial charge in [-0.2, -0.15) is 0 Å². The molecule has 1 aromatic carbocycles. The van der Waals surface area contributed by atoms with Crippen LogP contribution in [0.4, 0.5) is 16.3 Å². The van der Waals surface area contributed by atoms with Crippen molar-refractivity contribution in [1.82, 2.24) is 20.3 Å². The lowest BCUT2D eigenvalue weighted by atomic mass is 10.1. The van der Waals surface area contributed by atoms with Crippen molar-refractivity contribution in [2.75, 3.05) is 25.0 Å². The lowest BCUT2D eigenvalue weighted by Gasteiger charge is -2.27. The van der Waals surface area contributed by atoms with Crippen LogP contribution in [-0.2, 0) is 22.6 Å². The molecule has 2 N–H and O–H groups in total. The van der Waals surface area contributed by atoms with E-state index in [2.05, 4.69) is 15.8 Å². The number of carbonyl (C=O) groups is 3. The molecule has 0 unspecified atom stereocenters. The van der Waals surface area contributed by atoms with Crippen LogP contribution < -0.4 is 10.6 Å². The Morgan fingerprint density at radius 2 is 2.04 bits per heavy atom. The van der Waals surface area contributed by atoms with Crippen LogP contribution in [0, 0.1) is 13.8 Å². The van der Waals surface area contributed by atoms with Crippen molar-refractivity contribution < 1.29 is 18.9 Å². The van der Waals surface area contributed by atoms with Gasteiger partial charge in [0.2, 0.25) is 5.91 Å². The fourth-order valence-electron chi connectivity index (χ4n) is 3.50. The van der Waals surface area contributed by atoms with E-state index in [1.54, 1.807) is 4.90 Å². The van der Waals surface area contributed by atoms with Gasteiger partial charge in [-0.25, -0.2) is 4.79 Å². The van der Waals surface area contributed by atoms with Gasteiger partial charge in [0.15, 0.2) is 5.82 Å². The summed E-state index contributed by atoms with van der Waals surface area (Å²) in [7, 11) is 0. The number of rotatable bonds is 4. The number of imide groups is 1. The van der Waals surface area contributed by atoms with Crippen LogP contribution in [0.5, 0.6) is 0 Å². The third-order valence-electron chi connectivity index (χ3n) is 5.13. The Morgan fingerprint density at radius 3 is 2.71 bits per heavy atom. The number of hydrogen-bond donors (Lipinski definition) is 2. The van der Waals surface area contributed by atoms with Crippen LogP contribution in [-0.4, -0.2) is 52.4 Å². The highest BCUT2D eigenvalue weighted by Crippen LogP contribution is 2.30. The van der Waals surface area contributed by atoms with E-state index in [0.717, 1.165) is 33.0 Å². The molecule has 4 amide bonds. The molecule has 9 nitrogen and oxygen atoms in total. The average Bonchev–Trinajstić information content (AvgIpc) is 3.22. The summed E-state index contributed by atoms with van der Waals surface area (Å²) in [6.45, 7) is 4.46. The summed E-state index contributed by atoms with van der Waals surface area (Å²) in [5.41, 5.74) is 3.94. The van der Waals surface area contributed by atoms with Gasteiger partial charge in [0.05, 0.1) is 18.7 Å². The third-order valence-corrected chi connectivity index (χ3v) is 5.13. The van der Waals surface area contributed by atoms with Gasteiger partial charge in [0.1, 0.15) is 12.3 Å². The second-order valence-corrected chi connectivity index (χ2v) is 7.03. The first-order valence-corrected chi connectivity index (χ1v) is 9.10. The summed E-state index contributed by atoms with van der Waals surface area (Å²) in [6.07, 6.45) is 0.530. The molecule has 0 radical (unpaired) electrons. The number of hydrogen-bond acceptors (Lipinski definition) is 6. The molecule has 28 heavy (non-hydrogen) atoms. The molecular weight excluding hydrogens is 362 g/mol. The molecule has 0 bridgehead atoms. The molecule has 1 aromatic heterocycles. The zero-order chi connectivity index (χ0) is 19.8. The van der Waals surface area contributed by atoms with Crippen molar-refractivity contribution in [3.8, 4) is 0 Å². The number of para-hydroxylation sites is 1. The second kappa shape index (κ2) is 6.99. The molecule has 4 rings (SSSR count). The molecule has 2 aromatic rings. The molecule has 146 valence electrons. The van der Waals surface area contributed by atoms with Crippen molar-refractivity contribution in [1.29, 1.82) is 0 Å². The van der Waals surface area contributed by atoms with E-state index in [9.17, 15) is 14.4 Å². The number of carbonyl (C=O) groups excluding carboxylic acids is 3. The number of amides is 4. The highest BCUT2D eigenvalue weighted by molar-refractivity contribution is 6.04. The molecule has 0 aliphatic carbocycles. The lowest BCUT2D eigenvalue weighted by Crippen LogP contribution is -2.44. The Kier molecular flexibility index (Phi) is 4.50. The molecular formula is C19H21N5O4. The van der Waals surface area contributed by atoms with E-state index in [1.807, 2.05) is 32.0 Å². The lowest BCUT2D eigenvalue weighted by molar-refractivity contribution is -0.137. The number of nitrogens with one attached hydrogen (secondary N) is 2. The number of nitrogens with zero attached hydrogens (tertiary/aromatic N) is 3. The molecule has 1 saturated heterocycles. The Hall–Kier alpha value is -3.36. The predicted molar refractivity (Wildman–Crippen MR) is 99.9 cm³/mol. The van der Waals surface area contributed by atoms with Crippen molar-refractivity contribution >= 4 is 29.4 Å². The van der Waals surface area contributed by atoms with Gasteiger partial charge in [-0.15, -0.1) is 0 Å². The van der Waals surface area contributed by atoms with Crippen LogP contribution in [0.15, 0.2) is 22.7 Å². The molecule has 0 spiro atoms. The van der Waals surface area contributed by atoms with Crippen LogP contribution in [0.2, 0.25) is 0 Å². The third kappa shape index (κ3) is 3.19. The van der Waals surface area contributed by atoms with Gasteiger partial charge >= 0.3 is 6.03 Å². The van der Waals surface area contributed by atoms with E-state index < -0.39 is 11.9 Å². The summed E-state index contributed by atoms with van der Waals surface area (Å²) in [5.74, 6) is 0.654. The molecule has 2 aliphatic rings. The highest BCUT2D eigenvalue weighted by atomic mass is 16.5. The molecule has 1 fully saturated rings. The van der Waals surface area contributed by atoms with E-state index >= 15 is 0 Å². The van der Waals surface area contributed by atoms with Crippen molar-refractivity contribution in [2.45, 2.75) is 26.8 Å². The number of fused-ring (bicyclic) bond motifs is 1. The minimum atomic E-state index is -0.529. The Balaban J connectivity index is 1.51. The normalized spacial score (nSPS) is 16.2. The number of aryl methyl sites for hydroxylation is 2. The standard InChI is InChI=1S/C19H21N5O4/c1-11-4-3-5-12(2)17(11)21-18-13-9-23(7-6-14(13)28-22-18)16(26)10-24-15(25)8-20-19(24)27/h3-5H,6-10H2,1-2H3,(H,20,27)(H,21,22). The van der Waals surface area contributed by atoms with E-state index in [4.69, 9.17) is 4.52 Å². The molecule has 2 aliphatic heterocycles. The summed E-state index contributed by atoms with van der Waals surface area (Å²) >= 11 is 0. The summed E-state index contributed by atoms with van der Waals surface area (Å²) < 4.78 is 5.46. The average molecular weight is 383 g/mol. The van der Waals surface area contributed by atoms with E-state index in [0.29, 0.717) is 25.3 Å². The van der Waals surface area contributed by atoms with Gasteiger partial charge < -0.3 is 20.1 Å². The van der Waals surface area contributed by atoms with Gasteiger partial charge in [0.25, 0.3) is 5.91 Å². The topological polar surface area (TPSA) is 108 Å². The zero-order valence-electron chi connectivity index (χ0n) is 15.7. The SMILES string of the molecule is Cc1cccc(C)c1Nc1noc2c1CN(C(=O)CN1C(=O)CNC1=O)CC2. The first-order chi connectivity index (χ1) is 13.4. The quantitative estimate of drug-likeness (QED) is 0.774. The number of aromatic nitrogens is 1. The monoisotopic (exact) mass is 383 g/mol. The fourth-order valence-corrected chi connectivity index (χ4v) is 3.50. The summed E-state index contributed by atoms with van der Waals surface area (Å²) in [6, 6.07) is 5.48. The van der Waals surface area contributed by atoms with Crippen LogP contribution in [0.3, 0.4) is 0 Å². The summed E-state index contributed by atoms with van der Waals surface area (Å²) in [5, 5.41) is 9.89. The fraction of sp³-hybridized carbons (Fsp3) is 0.368. The number of urea groups is 1. The first-order valence-electron chi connectivity index (χ1n) is 9.10.